The number of aromatic nitrogens is 1. The highest BCUT2D eigenvalue weighted by Crippen LogP contribution is 2.36. The van der Waals surface area contributed by atoms with E-state index < -0.39 is 0 Å². The van der Waals surface area contributed by atoms with E-state index in [0.717, 1.165) is 23.9 Å². The maximum atomic E-state index is 9.74. The van der Waals surface area contributed by atoms with Crippen molar-refractivity contribution in [3.8, 4) is 5.75 Å². The van der Waals surface area contributed by atoms with E-state index in [9.17, 15) is 5.11 Å². The summed E-state index contributed by atoms with van der Waals surface area (Å²) in [7, 11) is 0. The molecule has 0 bridgehead atoms. The van der Waals surface area contributed by atoms with Gasteiger partial charge in [-0.15, -0.1) is 0 Å². The number of fused-ring (bicyclic) bond motifs is 3. The van der Waals surface area contributed by atoms with Crippen LogP contribution in [-0.4, -0.2) is 16.2 Å². The van der Waals surface area contributed by atoms with Gasteiger partial charge in [-0.3, -0.25) is 0 Å². The van der Waals surface area contributed by atoms with Crippen LogP contribution in [-0.2, 0) is 6.54 Å². The highest BCUT2D eigenvalue weighted by Gasteiger charge is 2.24. The van der Waals surface area contributed by atoms with Gasteiger partial charge in [0.25, 0.3) is 0 Å². The lowest BCUT2D eigenvalue weighted by Gasteiger charge is -2.02. The van der Waals surface area contributed by atoms with E-state index in [1.54, 1.807) is 6.07 Å². The van der Waals surface area contributed by atoms with Gasteiger partial charge in [-0.1, -0.05) is 6.07 Å². The van der Waals surface area contributed by atoms with Crippen molar-refractivity contribution in [3.63, 3.8) is 0 Å². The smallest absolute Gasteiger partial charge is 0.124 e. The van der Waals surface area contributed by atoms with Crippen molar-refractivity contribution < 1.29 is 5.11 Å². The third kappa shape index (κ3) is 1.10. The van der Waals surface area contributed by atoms with Gasteiger partial charge >= 0.3 is 0 Å². The Kier molecular flexibility index (Phi) is 1.76. The van der Waals surface area contributed by atoms with Crippen LogP contribution in [0.2, 0.25) is 0 Å². The van der Waals surface area contributed by atoms with Crippen LogP contribution in [0.25, 0.3) is 10.9 Å². The minimum atomic E-state index is 0.366. The fourth-order valence-corrected chi connectivity index (χ4v) is 2.55. The predicted molar refractivity (Wildman–Crippen MR) is 60.0 cm³/mol. The normalized spacial score (nSPS) is 19.7. The molecule has 78 valence electrons. The van der Waals surface area contributed by atoms with E-state index in [1.807, 2.05) is 6.07 Å². The molecule has 15 heavy (non-hydrogen) atoms. The molecule has 0 saturated heterocycles. The average Bonchev–Trinajstić information content (AvgIpc) is 2.77. The summed E-state index contributed by atoms with van der Waals surface area (Å²) in [5.74, 6) is 0.821. The van der Waals surface area contributed by atoms with Gasteiger partial charge in [-0.05, 0) is 24.6 Å². The second-order valence-corrected chi connectivity index (χ2v) is 4.15. The standard InChI is InChI=1S/C12H14N2O/c13-7-8-4-5-14-10-2-1-3-12(15)9(10)6-11(8)14/h1-3,6,8,15H,4-5,7,13H2. The van der Waals surface area contributed by atoms with Crippen molar-refractivity contribution in [2.45, 2.75) is 18.9 Å². The first-order valence-corrected chi connectivity index (χ1v) is 5.32. The average molecular weight is 202 g/mol. The molecule has 0 radical (unpaired) electrons. The summed E-state index contributed by atoms with van der Waals surface area (Å²) < 4.78 is 2.27. The first-order chi connectivity index (χ1) is 7.31. The molecule has 3 heteroatoms. The minimum Gasteiger partial charge on any atom is -0.507 e. The second-order valence-electron chi connectivity index (χ2n) is 4.15. The highest BCUT2D eigenvalue weighted by atomic mass is 16.3. The molecule has 1 unspecified atom stereocenters. The molecule has 2 aromatic rings. The molecule has 0 aliphatic carbocycles. The summed E-state index contributed by atoms with van der Waals surface area (Å²) in [5, 5.41) is 10.7. The van der Waals surface area contributed by atoms with E-state index in [-0.39, 0.29) is 0 Å². The Bertz CT molecular complexity index is 516. The Balaban J connectivity index is 2.29. The molecule has 1 aromatic carbocycles. The summed E-state index contributed by atoms with van der Waals surface area (Å²) in [5.41, 5.74) is 8.13. The summed E-state index contributed by atoms with van der Waals surface area (Å²) in [4.78, 5) is 0. The highest BCUT2D eigenvalue weighted by molar-refractivity contribution is 5.87. The number of benzene rings is 1. The van der Waals surface area contributed by atoms with Gasteiger partial charge in [0, 0.05) is 30.1 Å². The molecule has 3 nitrogen and oxygen atoms in total. The van der Waals surface area contributed by atoms with Crippen LogP contribution >= 0.6 is 0 Å². The molecule has 0 amide bonds. The van der Waals surface area contributed by atoms with Crippen molar-refractivity contribution in [3.05, 3.63) is 30.0 Å². The van der Waals surface area contributed by atoms with Crippen LogP contribution in [0.3, 0.4) is 0 Å². The van der Waals surface area contributed by atoms with Crippen LogP contribution in [0, 0.1) is 0 Å². The molecule has 3 rings (SSSR count). The van der Waals surface area contributed by atoms with Crippen LogP contribution in [0.5, 0.6) is 5.75 Å². The van der Waals surface area contributed by atoms with E-state index >= 15 is 0 Å². The zero-order valence-corrected chi connectivity index (χ0v) is 8.48. The van der Waals surface area contributed by atoms with Gasteiger partial charge in [0.05, 0.1) is 5.52 Å². The van der Waals surface area contributed by atoms with Crippen LogP contribution in [0.4, 0.5) is 0 Å². The van der Waals surface area contributed by atoms with Crippen molar-refractivity contribution in [2.75, 3.05) is 6.54 Å². The summed E-state index contributed by atoms with van der Waals surface area (Å²) in [6, 6.07) is 7.75. The maximum absolute atomic E-state index is 9.74. The monoisotopic (exact) mass is 202 g/mol. The van der Waals surface area contributed by atoms with Gasteiger partial charge in [-0.25, -0.2) is 0 Å². The Morgan fingerprint density at radius 1 is 1.47 bits per heavy atom. The number of aromatic hydroxyl groups is 1. The quantitative estimate of drug-likeness (QED) is 0.740. The molecule has 3 N–H and O–H groups in total. The Labute approximate surface area is 88.1 Å². The van der Waals surface area contributed by atoms with Crippen LogP contribution < -0.4 is 5.73 Å². The molecular formula is C12H14N2O. The molecule has 1 aliphatic rings. The minimum absolute atomic E-state index is 0.366. The van der Waals surface area contributed by atoms with Crippen LogP contribution in [0.1, 0.15) is 18.0 Å². The Hall–Kier alpha value is -1.48. The Morgan fingerprint density at radius 2 is 2.33 bits per heavy atom. The van der Waals surface area contributed by atoms with Gasteiger partial charge in [0.2, 0.25) is 0 Å². The SMILES string of the molecule is NCC1CCn2c1cc1c(O)cccc12. The molecular weight excluding hydrogens is 188 g/mol. The molecule has 1 aromatic heterocycles. The summed E-state index contributed by atoms with van der Waals surface area (Å²) in [6.45, 7) is 1.71. The van der Waals surface area contributed by atoms with E-state index in [0.29, 0.717) is 18.2 Å². The Morgan fingerprint density at radius 3 is 3.13 bits per heavy atom. The molecule has 0 fully saturated rings. The van der Waals surface area contributed by atoms with E-state index in [4.69, 9.17) is 5.73 Å². The topological polar surface area (TPSA) is 51.2 Å². The maximum Gasteiger partial charge on any atom is 0.124 e. The van der Waals surface area contributed by atoms with Crippen molar-refractivity contribution in [1.29, 1.82) is 0 Å². The lowest BCUT2D eigenvalue weighted by molar-refractivity contribution is 0.481. The number of phenols is 1. The number of nitrogens with two attached hydrogens (primary N) is 1. The lowest BCUT2D eigenvalue weighted by Crippen LogP contribution is -2.08. The first kappa shape index (κ1) is 8.80. The largest absolute Gasteiger partial charge is 0.507 e. The third-order valence-electron chi connectivity index (χ3n) is 3.36. The van der Waals surface area contributed by atoms with Crippen LogP contribution in [0.15, 0.2) is 24.3 Å². The van der Waals surface area contributed by atoms with Gasteiger partial charge in [0.15, 0.2) is 0 Å². The predicted octanol–water partition coefficient (Wildman–Crippen LogP) is 1.79. The fourth-order valence-electron chi connectivity index (χ4n) is 2.55. The molecule has 0 spiro atoms. The van der Waals surface area contributed by atoms with Gasteiger partial charge < -0.3 is 15.4 Å². The molecule has 0 saturated carbocycles. The van der Waals surface area contributed by atoms with Gasteiger partial charge in [-0.2, -0.15) is 0 Å². The number of rotatable bonds is 1. The van der Waals surface area contributed by atoms with Gasteiger partial charge in [0.1, 0.15) is 5.75 Å². The summed E-state index contributed by atoms with van der Waals surface area (Å²) >= 11 is 0. The number of nitrogens with zero attached hydrogens (tertiary/aromatic N) is 1. The van der Waals surface area contributed by atoms with Crippen molar-refractivity contribution in [1.82, 2.24) is 4.57 Å². The molecule has 2 heterocycles. The fraction of sp³-hybridized carbons (Fsp3) is 0.333. The summed E-state index contributed by atoms with van der Waals surface area (Å²) in [6.07, 6.45) is 1.12. The molecule has 1 atom stereocenters. The lowest BCUT2D eigenvalue weighted by atomic mass is 10.0. The van der Waals surface area contributed by atoms with Crippen molar-refractivity contribution >= 4 is 10.9 Å². The number of hydrogen-bond acceptors (Lipinski definition) is 2. The zero-order chi connectivity index (χ0) is 10.4. The number of aryl methyl sites for hydroxylation is 1. The second kappa shape index (κ2) is 3.00. The number of phenolic OH excluding ortho intramolecular Hbond substituents is 1. The molecule has 1 aliphatic heterocycles. The van der Waals surface area contributed by atoms with E-state index in [1.165, 1.54) is 5.69 Å². The first-order valence-electron chi connectivity index (χ1n) is 5.32. The third-order valence-corrected chi connectivity index (χ3v) is 3.36. The zero-order valence-electron chi connectivity index (χ0n) is 8.48. The van der Waals surface area contributed by atoms with E-state index in [2.05, 4.69) is 16.7 Å². The van der Waals surface area contributed by atoms with Crippen molar-refractivity contribution in [2.24, 2.45) is 5.73 Å². The number of hydrogen-bond donors (Lipinski definition) is 2.